The molecule has 0 spiro atoms. The number of hydrogen-bond donors (Lipinski definition) is 1. The maximum atomic E-state index is 14.5. The van der Waals surface area contributed by atoms with Gasteiger partial charge < -0.3 is 14.6 Å². The Morgan fingerprint density at radius 3 is 2.59 bits per heavy atom. The molecule has 11 heteroatoms. The third-order valence-electron chi connectivity index (χ3n) is 7.27. The number of halogens is 1. The number of carbonyl (C=O) groups is 1. The minimum absolute atomic E-state index is 0.103. The summed E-state index contributed by atoms with van der Waals surface area (Å²) in [6, 6.07) is 6.18. The summed E-state index contributed by atoms with van der Waals surface area (Å²) in [5.41, 5.74) is -2.72. The first kappa shape index (κ1) is 28.5. The van der Waals surface area contributed by atoms with E-state index in [1.165, 1.54) is 36.6 Å². The number of thiophene rings is 1. The van der Waals surface area contributed by atoms with Crippen LogP contribution in [-0.4, -0.2) is 32.9 Å². The fraction of sp³-hybridized carbons (Fsp3) is 0.500. The molecule has 0 saturated heterocycles. The van der Waals surface area contributed by atoms with Gasteiger partial charge >= 0.3 is 11.7 Å². The molecule has 0 unspecified atom stereocenters. The van der Waals surface area contributed by atoms with Gasteiger partial charge in [0.15, 0.2) is 0 Å². The Labute approximate surface area is 229 Å². The van der Waals surface area contributed by atoms with Crippen LogP contribution in [0.4, 0.5) is 4.39 Å². The van der Waals surface area contributed by atoms with Crippen LogP contribution in [0.5, 0.6) is 5.75 Å². The summed E-state index contributed by atoms with van der Waals surface area (Å²) in [4.78, 5) is 40.1. The van der Waals surface area contributed by atoms with Crippen LogP contribution in [0.15, 0.2) is 27.8 Å². The zero-order chi connectivity index (χ0) is 28.5. The predicted octanol–water partition coefficient (Wildman–Crippen LogP) is 4.85. The smallest absolute Gasteiger partial charge is 0.333 e. The van der Waals surface area contributed by atoms with Crippen LogP contribution >= 0.6 is 11.3 Å². The molecule has 0 radical (unpaired) electrons. The van der Waals surface area contributed by atoms with Crippen LogP contribution in [0, 0.1) is 24.1 Å². The van der Waals surface area contributed by atoms with Gasteiger partial charge in [0.1, 0.15) is 39.0 Å². The van der Waals surface area contributed by atoms with Gasteiger partial charge in [0.25, 0.3) is 5.56 Å². The van der Waals surface area contributed by atoms with Crippen LogP contribution in [0.1, 0.15) is 75.0 Å². The summed E-state index contributed by atoms with van der Waals surface area (Å²) in [7, 11) is 0. The lowest BCUT2D eigenvalue weighted by molar-refractivity contribution is -0.146. The zero-order valence-corrected chi connectivity index (χ0v) is 23.3. The molecular weight excluding hydrogens is 525 g/mol. The van der Waals surface area contributed by atoms with Crippen molar-refractivity contribution >= 4 is 27.5 Å². The molecule has 1 aliphatic rings. The van der Waals surface area contributed by atoms with Crippen molar-refractivity contribution in [3.63, 3.8) is 0 Å². The van der Waals surface area contributed by atoms with Crippen molar-refractivity contribution in [3.05, 3.63) is 60.9 Å². The number of nitrogens with zero attached hydrogens (tertiary/aromatic N) is 3. The summed E-state index contributed by atoms with van der Waals surface area (Å²) < 4.78 is 28.8. The Kier molecular flexibility index (Phi) is 8.28. The number of aliphatic carboxylic acids is 1. The van der Waals surface area contributed by atoms with Gasteiger partial charge in [-0.2, -0.15) is 5.26 Å². The molecule has 1 fully saturated rings. The SMILES string of the molecule is CCOc1ccc(F)cc1[C@H](Cn1c(=O)n(C(C)(C)C(=O)O)c(=O)c2c(C)c(C#N)sc21)OC1CCCCC1. The molecule has 1 atom stereocenters. The predicted molar refractivity (Wildman–Crippen MR) is 145 cm³/mol. The average molecular weight is 558 g/mol. The number of hydrogen-bond acceptors (Lipinski definition) is 7. The number of benzene rings is 1. The highest BCUT2D eigenvalue weighted by Gasteiger charge is 2.36. The monoisotopic (exact) mass is 557 g/mol. The van der Waals surface area contributed by atoms with Crippen molar-refractivity contribution in [2.75, 3.05) is 6.61 Å². The molecular formula is C28H32FN3O6S. The number of carboxylic acids is 1. The van der Waals surface area contributed by atoms with E-state index in [1.807, 2.05) is 0 Å². The van der Waals surface area contributed by atoms with E-state index >= 15 is 0 Å². The highest BCUT2D eigenvalue weighted by molar-refractivity contribution is 7.19. The Morgan fingerprint density at radius 1 is 1.28 bits per heavy atom. The van der Waals surface area contributed by atoms with Crippen LogP contribution in [0.25, 0.3) is 10.2 Å². The molecule has 2 aromatic heterocycles. The maximum absolute atomic E-state index is 14.5. The van der Waals surface area contributed by atoms with Crippen LogP contribution < -0.4 is 16.0 Å². The van der Waals surface area contributed by atoms with Crippen molar-refractivity contribution in [2.24, 2.45) is 0 Å². The summed E-state index contributed by atoms with van der Waals surface area (Å²) in [5, 5.41) is 19.7. The first-order valence-electron chi connectivity index (χ1n) is 13.0. The van der Waals surface area contributed by atoms with E-state index in [1.54, 1.807) is 13.8 Å². The minimum atomic E-state index is -1.87. The normalized spacial score (nSPS) is 15.3. The van der Waals surface area contributed by atoms with Gasteiger partial charge in [0, 0.05) is 5.56 Å². The summed E-state index contributed by atoms with van der Waals surface area (Å²) in [6.45, 7) is 6.14. The molecule has 3 aromatic rings. The number of ether oxygens (including phenoxy) is 2. The van der Waals surface area contributed by atoms with Gasteiger partial charge in [-0.1, -0.05) is 19.3 Å². The second-order valence-corrected chi connectivity index (χ2v) is 11.2. The maximum Gasteiger partial charge on any atom is 0.333 e. The number of aryl methyl sites for hydroxylation is 1. The lowest BCUT2D eigenvalue weighted by atomic mass is 9.97. The van der Waals surface area contributed by atoms with E-state index in [-0.39, 0.29) is 27.7 Å². The molecule has 9 nitrogen and oxygen atoms in total. The Balaban J connectivity index is 1.99. The van der Waals surface area contributed by atoms with Crippen molar-refractivity contribution in [1.29, 1.82) is 5.26 Å². The molecule has 2 heterocycles. The summed E-state index contributed by atoms with van der Waals surface area (Å²) in [5.74, 6) is -1.46. The Morgan fingerprint density at radius 2 is 1.97 bits per heavy atom. The quantitative estimate of drug-likeness (QED) is 0.399. The average Bonchev–Trinajstić information content (AvgIpc) is 3.23. The van der Waals surface area contributed by atoms with Gasteiger partial charge in [-0.25, -0.2) is 18.5 Å². The third-order valence-corrected chi connectivity index (χ3v) is 8.49. The third kappa shape index (κ3) is 5.36. The topological polar surface area (TPSA) is 124 Å². The van der Waals surface area contributed by atoms with E-state index in [0.29, 0.717) is 28.1 Å². The molecule has 0 aliphatic heterocycles. The first-order chi connectivity index (χ1) is 18.5. The van der Waals surface area contributed by atoms with Crippen molar-refractivity contribution in [1.82, 2.24) is 9.13 Å². The van der Waals surface area contributed by atoms with Crippen molar-refractivity contribution < 1.29 is 23.8 Å². The van der Waals surface area contributed by atoms with Crippen molar-refractivity contribution in [3.8, 4) is 11.8 Å². The zero-order valence-electron chi connectivity index (χ0n) is 22.5. The molecule has 4 rings (SSSR count). The number of fused-ring (bicyclic) bond motifs is 1. The summed E-state index contributed by atoms with van der Waals surface area (Å²) >= 11 is 0.988. The molecule has 208 valence electrons. The lowest BCUT2D eigenvalue weighted by Gasteiger charge is -2.30. The van der Waals surface area contributed by atoms with Crippen LogP contribution in [0.2, 0.25) is 0 Å². The molecule has 39 heavy (non-hydrogen) atoms. The molecule has 1 N–H and O–H groups in total. The first-order valence-corrected chi connectivity index (χ1v) is 13.8. The van der Waals surface area contributed by atoms with Crippen LogP contribution in [0.3, 0.4) is 0 Å². The van der Waals surface area contributed by atoms with Gasteiger partial charge in [-0.05, 0) is 64.3 Å². The largest absolute Gasteiger partial charge is 0.493 e. The second kappa shape index (κ2) is 11.3. The van der Waals surface area contributed by atoms with Gasteiger partial charge in [0.05, 0.1) is 24.6 Å². The molecule has 1 aromatic carbocycles. The number of carboxylic acid groups (broad SMARTS) is 1. The molecule has 1 saturated carbocycles. The Bertz CT molecular complexity index is 1560. The Hall–Kier alpha value is -3.49. The second-order valence-electron chi connectivity index (χ2n) is 10.2. The number of rotatable bonds is 9. The fourth-order valence-electron chi connectivity index (χ4n) is 5.07. The van der Waals surface area contributed by atoms with Gasteiger partial charge in [0.2, 0.25) is 0 Å². The highest BCUT2D eigenvalue weighted by Crippen LogP contribution is 2.35. The van der Waals surface area contributed by atoms with E-state index in [4.69, 9.17) is 9.47 Å². The molecule has 0 amide bonds. The molecule has 0 bridgehead atoms. The van der Waals surface area contributed by atoms with E-state index < -0.39 is 34.7 Å². The lowest BCUT2D eigenvalue weighted by Crippen LogP contribution is -2.52. The van der Waals surface area contributed by atoms with E-state index in [2.05, 4.69) is 6.07 Å². The highest BCUT2D eigenvalue weighted by atomic mass is 32.1. The summed E-state index contributed by atoms with van der Waals surface area (Å²) in [6.07, 6.45) is 3.69. The standard InChI is InChI=1S/C28H32FN3O6S/c1-5-37-20-12-11-17(29)13-19(20)21(38-18-9-7-6-8-10-18)15-31-25-23(16(2)22(14-30)39-25)24(33)32(27(31)36)28(3,4)26(34)35/h11-13,18,21H,5-10,15H2,1-4H3,(H,34,35)/t21-/m0/s1. The number of aromatic nitrogens is 2. The minimum Gasteiger partial charge on any atom is -0.493 e. The van der Waals surface area contributed by atoms with Crippen molar-refractivity contribution in [2.45, 2.75) is 84.1 Å². The van der Waals surface area contributed by atoms with Gasteiger partial charge in [-0.3, -0.25) is 9.36 Å². The number of nitriles is 1. The van der Waals surface area contributed by atoms with E-state index in [9.17, 15) is 29.1 Å². The van der Waals surface area contributed by atoms with Crippen LogP contribution in [-0.2, 0) is 21.6 Å². The molecule has 1 aliphatic carbocycles. The fourth-order valence-corrected chi connectivity index (χ4v) is 6.17. The van der Waals surface area contributed by atoms with Gasteiger partial charge in [-0.15, -0.1) is 11.3 Å². The van der Waals surface area contributed by atoms with E-state index in [0.717, 1.165) is 43.4 Å².